The predicted molar refractivity (Wildman–Crippen MR) is 133 cm³/mol. The molecule has 2 N–H and O–H groups in total. The summed E-state index contributed by atoms with van der Waals surface area (Å²) in [6.45, 7) is 0.348. The number of rotatable bonds is 7. The largest absolute Gasteiger partial charge is 0.477 e. The van der Waals surface area contributed by atoms with Crippen molar-refractivity contribution in [3.05, 3.63) is 102 Å². The summed E-state index contributed by atoms with van der Waals surface area (Å²) < 4.78 is 30.8. The van der Waals surface area contributed by atoms with Crippen LogP contribution in [0.4, 0.5) is 5.69 Å². The van der Waals surface area contributed by atoms with Gasteiger partial charge in [0.2, 0.25) is 0 Å². The molecule has 2 aromatic carbocycles. The average molecular weight is 490 g/mol. The van der Waals surface area contributed by atoms with Gasteiger partial charge in [-0.15, -0.1) is 11.3 Å². The summed E-state index contributed by atoms with van der Waals surface area (Å²) in [7, 11) is -3.89. The molecule has 0 amide bonds. The topological polar surface area (TPSA) is 101 Å². The van der Waals surface area contributed by atoms with Crippen molar-refractivity contribution in [1.82, 2.24) is 9.55 Å². The number of aromatic nitrogens is 2. The Balaban J connectivity index is 1.53. The quantitative estimate of drug-likeness (QED) is 0.323. The summed E-state index contributed by atoms with van der Waals surface area (Å²) in [6.07, 6.45) is 1.66. The summed E-state index contributed by atoms with van der Waals surface area (Å²) in [5.74, 6) is -1.08. The van der Waals surface area contributed by atoms with Crippen LogP contribution in [-0.4, -0.2) is 29.0 Å². The number of pyridine rings is 1. The van der Waals surface area contributed by atoms with Gasteiger partial charge in [-0.05, 0) is 48.0 Å². The monoisotopic (exact) mass is 489 g/mol. The smallest absolute Gasteiger partial charge is 0.352 e. The maximum absolute atomic E-state index is 13.2. The van der Waals surface area contributed by atoms with Crippen molar-refractivity contribution >= 4 is 43.9 Å². The van der Waals surface area contributed by atoms with E-state index in [1.54, 1.807) is 47.2 Å². The molecule has 7 nitrogen and oxygen atoms in total. The molecule has 0 fully saturated rings. The third kappa shape index (κ3) is 4.18. The van der Waals surface area contributed by atoms with E-state index in [2.05, 4.69) is 9.71 Å². The van der Waals surface area contributed by atoms with Gasteiger partial charge in [0.05, 0.1) is 21.8 Å². The molecule has 0 aliphatic heterocycles. The molecule has 5 rings (SSSR count). The van der Waals surface area contributed by atoms with Crippen molar-refractivity contribution in [3.63, 3.8) is 0 Å². The number of fused-ring (bicyclic) bond motifs is 1. The fourth-order valence-corrected chi connectivity index (χ4v) is 6.16. The molecule has 0 saturated carbocycles. The highest BCUT2D eigenvalue weighted by atomic mass is 32.2. The van der Waals surface area contributed by atoms with E-state index >= 15 is 0 Å². The van der Waals surface area contributed by atoms with Crippen LogP contribution in [0, 0.1) is 0 Å². The van der Waals surface area contributed by atoms with Crippen molar-refractivity contribution in [2.45, 2.75) is 10.8 Å². The minimum absolute atomic E-state index is 0.0825. The molecule has 0 aliphatic rings. The van der Waals surface area contributed by atoms with Crippen LogP contribution in [0.5, 0.6) is 0 Å². The third-order valence-electron chi connectivity index (χ3n) is 5.36. The summed E-state index contributed by atoms with van der Waals surface area (Å²) in [4.78, 5) is 17.0. The Morgan fingerprint density at radius 2 is 1.76 bits per heavy atom. The number of anilines is 1. The molecule has 0 bridgehead atoms. The van der Waals surface area contributed by atoms with Crippen LogP contribution in [0.2, 0.25) is 0 Å². The molecule has 170 valence electrons. The van der Waals surface area contributed by atoms with Crippen molar-refractivity contribution in [3.8, 4) is 10.6 Å². The zero-order valence-electron chi connectivity index (χ0n) is 17.8. The Bertz CT molecular complexity index is 1590. The van der Waals surface area contributed by atoms with Gasteiger partial charge in [0.1, 0.15) is 9.90 Å². The van der Waals surface area contributed by atoms with Gasteiger partial charge in [0, 0.05) is 18.1 Å². The lowest BCUT2D eigenvalue weighted by atomic mass is 10.2. The first-order valence-electron chi connectivity index (χ1n) is 10.4. The van der Waals surface area contributed by atoms with E-state index < -0.39 is 16.0 Å². The van der Waals surface area contributed by atoms with Crippen LogP contribution in [0.1, 0.15) is 16.1 Å². The van der Waals surface area contributed by atoms with Gasteiger partial charge in [0.25, 0.3) is 10.0 Å². The van der Waals surface area contributed by atoms with Gasteiger partial charge in [-0.3, -0.25) is 9.71 Å². The lowest BCUT2D eigenvalue weighted by Gasteiger charge is -2.10. The van der Waals surface area contributed by atoms with Gasteiger partial charge in [-0.2, -0.15) is 0 Å². The van der Waals surface area contributed by atoms with Gasteiger partial charge in [0.15, 0.2) is 0 Å². The summed E-state index contributed by atoms with van der Waals surface area (Å²) in [5.41, 5.74) is 2.66. The average Bonchev–Trinajstić information content (AvgIpc) is 3.47. The summed E-state index contributed by atoms with van der Waals surface area (Å²) in [6, 6.07) is 24.9. The molecule has 9 heteroatoms. The summed E-state index contributed by atoms with van der Waals surface area (Å²) >= 11 is 1.12. The van der Waals surface area contributed by atoms with Crippen molar-refractivity contribution in [1.29, 1.82) is 0 Å². The van der Waals surface area contributed by atoms with Crippen LogP contribution in [0.3, 0.4) is 0 Å². The summed E-state index contributed by atoms with van der Waals surface area (Å²) in [5, 5.41) is 10.3. The van der Waals surface area contributed by atoms with E-state index in [4.69, 9.17) is 0 Å². The van der Waals surface area contributed by atoms with Gasteiger partial charge in [-0.25, -0.2) is 13.2 Å². The fraction of sp³-hybridized carbons (Fsp3) is 0.0400. The second-order valence-corrected chi connectivity index (χ2v) is 10.6. The number of hydrogen-bond donors (Lipinski definition) is 2. The molecule has 5 aromatic rings. The molecule has 0 saturated heterocycles. The second-order valence-electron chi connectivity index (χ2n) is 7.58. The Morgan fingerprint density at radius 3 is 2.50 bits per heavy atom. The van der Waals surface area contributed by atoms with Crippen molar-refractivity contribution in [2.75, 3.05) is 4.72 Å². The maximum Gasteiger partial charge on any atom is 0.352 e. The molecule has 0 atom stereocenters. The Kier molecular flexibility index (Phi) is 5.64. The molecule has 0 unspecified atom stereocenters. The number of carbonyl (C=O) groups is 1. The first-order chi connectivity index (χ1) is 16.4. The third-order valence-corrected chi connectivity index (χ3v) is 8.32. The number of nitrogens with one attached hydrogen (secondary N) is 1. The lowest BCUT2D eigenvalue weighted by molar-refractivity contribution is 0.0686. The minimum atomic E-state index is -3.89. The van der Waals surface area contributed by atoms with Crippen LogP contribution in [0.25, 0.3) is 21.5 Å². The number of aromatic carboxylic acids is 1. The Hall–Kier alpha value is -3.95. The number of benzene rings is 2. The van der Waals surface area contributed by atoms with Gasteiger partial charge >= 0.3 is 5.97 Å². The molecular weight excluding hydrogens is 470 g/mol. The van der Waals surface area contributed by atoms with Crippen LogP contribution >= 0.6 is 11.3 Å². The standard InChI is InChI=1S/C25H19N3O4S2/c29-25(30)22-15-18-19(10-6-11-21(18)28(22)16-17-7-2-1-3-8-17)27-34(31,32)24-13-12-23(33-24)20-9-4-5-14-26-20/h1-15,27H,16H2,(H,29,30). The molecule has 0 radical (unpaired) electrons. The number of nitrogens with zero attached hydrogens (tertiary/aromatic N) is 2. The van der Waals surface area contributed by atoms with Crippen LogP contribution in [0.15, 0.2) is 95.3 Å². The Labute approximate surface area is 200 Å². The zero-order valence-corrected chi connectivity index (χ0v) is 19.4. The Morgan fingerprint density at radius 1 is 0.971 bits per heavy atom. The highest BCUT2D eigenvalue weighted by Crippen LogP contribution is 2.33. The number of carboxylic acid groups (broad SMARTS) is 1. The van der Waals surface area contributed by atoms with Crippen molar-refractivity contribution < 1.29 is 18.3 Å². The fourth-order valence-electron chi connectivity index (χ4n) is 3.79. The normalized spacial score (nSPS) is 11.5. The first-order valence-corrected chi connectivity index (χ1v) is 12.7. The molecule has 0 spiro atoms. The van der Waals surface area contributed by atoms with Crippen LogP contribution in [-0.2, 0) is 16.6 Å². The molecular formula is C25H19N3O4S2. The van der Waals surface area contributed by atoms with E-state index in [0.29, 0.717) is 28.8 Å². The molecule has 34 heavy (non-hydrogen) atoms. The SMILES string of the molecule is O=C(O)c1cc2c(NS(=O)(=O)c3ccc(-c4ccccn4)s3)cccc2n1Cc1ccccc1. The lowest BCUT2D eigenvalue weighted by Crippen LogP contribution is -2.11. The molecule has 3 heterocycles. The second kappa shape index (κ2) is 8.77. The predicted octanol–water partition coefficient (Wildman–Crippen LogP) is 5.31. The van der Waals surface area contributed by atoms with E-state index in [-0.39, 0.29) is 9.90 Å². The van der Waals surface area contributed by atoms with E-state index in [1.165, 1.54) is 6.07 Å². The molecule has 0 aliphatic carbocycles. The maximum atomic E-state index is 13.2. The van der Waals surface area contributed by atoms with Gasteiger partial charge < -0.3 is 9.67 Å². The number of carboxylic acids is 1. The van der Waals surface area contributed by atoms with E-state index in [0.717, 1.165) is 21.8 Å². The van der Waals surface area contributed by atoms with Crippen LogP contribution < -0.4 is 4.72 Å². The number of sulfonamides is 1. The first kappa shape index (κ1) is 21.9. The number of thiophene rings is 1. The van der Waals surface area contributed by atoms with E-state index in [9.17, 15) is 18.3 Å². The molecule has 3 aromatic heterocycles. The minimum Gasteiger partial charge on any atom is -0.477 e. The van der Waals surface area contributed by atoms with Crippen molar-refractivity contribution in [2.24, 2.45) is 0 Å². The zero-order chi connectivity index (χ0) is 23.7. The van der Waals surface area contributed by atoms with E-state index in [1.807, 2.05) is 42.5 Å². The van der Waals surface area contributed by atoms with Gasteiger partial charge in [-0.1, -0.05) is 42.5 Å². The highest BCUT2D eigenvalue weighted by Gasteiger charge is 2.22. The number of hydrogen-bond acceptors (Lipinski definition) is 5. The highest BCUT2D eigenvalue weighted by molar-refractivity contribution is 7.94.